The Morgan fingerprint density at radius 1 is 1.12 bits per heavy atom. The molecule has 0 aromatic carbocycles. The van der Waals surface area contributed by atoms with Crippen LogP contribution in [0.4, 0.5) is 5.82 Å². The molecule has 126 valence electrons. The van der Waals surface area contributed by atoms with Crippen molar-refractivity contribution in [1.82, 2.24) is 19.7 Å². The number of rotatable bonds is 3. The van der Waals surface area contributed by atoms with Crippen molar-refractivity contribution in [2.45, 2.75) is 64.0 Å². The summed E-state index contributed by atoms with van der Waals surface area (Å²) in [4.78, 5) is 20.9. The molecule has 6 nitrogen and oxygen atoms in total. The maximum Gasteiger partial charge on any atom is 0.267 e. The molecule has 0 amide bonds. The van der Waals surface area contributed by atoms with E-state index in [0.717, 1.165) is 50.0 Å². The normalized spacial score (nSPS) is 23.0. The lowest BCUT2D eigenvalue weighted by Gasteiger charge is -2.30. The first-order valence-electron chi connectivity index (χ1n) is 8.86. The van der Waals surface area contributed by atoms with Crippen molar-refractivity contribution in [2.75, 3.05) is 5.32 Å². The number of nitrogens with zero attached hydrogens (tertiary/aromatic N) is 4. The standard InChI is InChI=1S/C18H23N5O/c1-12-5-10-17(24)23(22-12)14-8-6-13(7-9-14)21-18-15-3-2-4-16(15)19-11-20-18/h5,10-11,13-14H,2-4,6-9H2,1H3,(H,19,20,21). The van der Waals surface area contributed by atoms with E-state index in [1.54, 1.807) is 23.1 Å². The zero-order valence-electron chi connectivity index (χ0n) is 14.0. The summed E-state index contributed by atoms with van der Waals surface area (Å²) >= 11 is 0. The smallest absolute Gasteiger partial charge is 0.267 e. The topological polar surface area (TPSA) is 72.7 Å². The van der Waals surface area contributed by atoms with Crippen LogP contribution in [0.2, 0.25) is 0 Å². The largest absolute Gasteiger partial charge is 0.367 e. The highest BCUT2D eigenvalue weighted by atomic mass is 16.1. The fourth-order valence-corrected chi connectivity index (χ4v) is 3.92. The van der Waals surface area contributed by atoms with Crippen molar-refractivity contribution in [3.8, 4) is 0 Å². The van der Waals surface area contributed by atoms with Crippen molar-refractivity contribution in [1.29, 1.82) is 0 Å². The monoisotopic (exact) mass is 325 g/mol. The molecule has 2 aliphatic rings. The fraction of sp³-hybridized carbons (Fsp3) is 0.556. The van der Waals surface area contributed by atoms with Crippen LogP contribution in [0.15, 0.2) is 23.3 Å². The Kier molecular flexibility index (Phi) is 4.04. The minimum atomic E-state index is 0.00521. The van der Waals surface area contributed by atoms with Gasteiger partial charge in [-0.1, -0.05) is 0 Å². The Morgan fingerprint density at radius 2 is 1.96 bits per heavy atom. The molecule has 1 saturated carbocycles. The number of hydrogen-bond acceptors (Lipinski definition) is 5. The molecule has 4 rings (SSSR count). The number of aryl methyl sites for hydroxylation is 2. The second-order valence-corrected chi connectivity index (χ2v) is 6.91. The third-order valence-corrected chi connectivity index (χ3v) is 5.22. The van der Waals surface area contributed by atoms with Gasteiger partial charge >= 0.3 is 0 Å². The molecule has 0 unspecified atom stereocenters. The maximum atomic E-state index is 12.0. The van der Waals surface area contributed by atoms with E-state index in [1.807, 2.05) is 6.92 Å². The Bertz CT molecular complexity index is 792. The number of anilines is 1. The van der Waals surface area contributed by atoms with Crippen LogP contribution in [0.1, 0.15) is 55.1 Å². The van der Waals surface area contributed by atoms with Crippen molar-refractivity contribution in [2.24, 2.45) is 0 Å². The van der Waals surface area contributed by atoms with Crippen LogP contribution in [0.5, 0.6) is 0 Å². The molecule has 0 spiro atoms. The minimum Gasteiger partial charge on any atom is -0.367 e. The zero-order chi connectivity index (χ0) is 16.5. The molecule has 0 radical (unpaired) electrons. The predicted octanol–water partition coefficient (Wildman–Crippen LogP) is 2.43. The third-order valence-electron chi connectivity index (χ3n) is 5.22. The van der Waals surface area contributed by atoms with Crippen LogP contribution in [0.3, 0.4) is 0 Å². The molecule has 1 fully saturated rings. The summed E-state index contributed by atoms with van der Waals surface area (Å²) in [5, 5.41) is 8.04. The average Bonchev–Trinajstić information content (AvgIpc) is 3.08. The van der Waals surface area contributed by atoms with Crippen molar-refractivity contribution >= 4 is 5.82 Å². The van der Waals surface area contributed by atoms with Gasteiger partial charge in [-0.15, -0.1) is 0 Å². The van der Waals surface area contributed by atoms with Crippen molar-refractivity contribution in [3.05, 3.63) is 45.8 Å². The molecule has 1 N–H and O–H groups in total. The quantitative estimate of drug-likeness (QED) is 0.938. The van der Waals surface area contributed by atoms with E-state index >= 15 is 0 Å². The van der Waals surface area contributed by atoms with Crippen LogP contribution in [0, 0.1) is 6.92 Å². The highest BCUT2D eigenvalue weighted by Crippen LogP contribution is 2.31. The van der Waals surface area contributed by atoms with E-state index < -0.39 is 0 Å². The number of aromatic nitrogens is 4. The molecule has 0 atom stereocenters. The molecular weight excluding hydrogens is 302 g/mol. The Hall–Kier alpha value is -2.24. The van der Waals surface area contributed by atoms with E-state index in [-0.39, 0.29) is 11.6 Å². The summed E-state index contributed by atoms with van der Waals surface area (Å²) in [5.74, 6) is 1.02. The Balaban J connectivity index is 1.43. The summed E-state index contributed by atoms with van der Waals surface area (Å²) in [6, 6.07) is 4.03. The van der Waals surface area contributed by atoms with Crippen molar-refractivity contribution in [3.63, 3.8) is 0 Å². The molecule has 24 heavy (non-hydrogen) atoms. The first-order chi connectivity index (χ1) is 11.7. The molecule has 0 saturated heterocycles. The van der Waals surface area contributed by atoms with Gasteiger partial charge in [0.2, 0.25) is 0 Å². The van der Waals surface area contributed by atoms with E-state index in [4.69, 9.17) is 0 Å². The van der Waals surface area contributed by atoms with Gasteiger partial charge in [0.25, 0.3) is 5.56 Å². The van der Waals surface area contributed by atoms with Gasteiger partial charge in [0.05, 0.1) is 11.7 Å². The van der Waals surface area contributed by atoms with Gasteiger partial charge in [0.1, 0.15) is 12.1 Å². The highest BCUT2D eigenvalue weighted by molar-refractivity contribution is 5.48. The molecule has 2 aromatic heterocycles. The zero-order valence-corrected chi connectivity index (χ0v) is 14.0. The maximum absolute atomic E-state index is 12.0. The molecule has 0 bridgehead atoms. The summed E-state index contributed by atoms with van der Waals surface area (Å²) in [6.07, 6.45) is 9.02. The second kappa shape index (κ2) is 6.34. The summed E-state index contributed by atoms with van der Waals surface area (Å²) in [5.41, 5.74) is 3.41. The van der Waals surface area contributed by atoms with E-state index in [9.17, 15) is 4.79 Å². The van der Waals surface area contributed by atoms with E-state index in [1.165, 1.54) is 17.7 Å². The van der Waals surface area contributed by atoms with Gasteiger partial charge in [-0.3, -0.25) is 4.79 Å². The average molecular weight is 325 g/mol. The second-order valence-electron chi connectivity index (χ2n) is 6.91. The molecule has 6 heteroatoms. The van der Waals surface area contributed by atoms with E-state index in [0.29, 0.717) is 6.04 Å². The minimum absolute atomic E-state index is 0.00521. The van der Waals surface area contributed by atoms with Gasteiger partial charge in [-0.2, -0.15) is 5.10 Å². The van der Waals surface area contributed by atoms with Gasteiger partial charge in [-0.05, 0) is 57.9 Å². The summed E-state index contributed by atoms with van der Waals surface area (Å²) in [6.45, 7) is 1.93. The number of nitrogens with one attached hydrogen (secondary N) is 1. The number of fused-ring (bicyclic) bond motifs is 1. The van der Waals surface area contributed by atoms with Crippen LogP contribution in [0.25, 0.3) is 0 Å². The molecule has 0 aliphatic heterocycles. The highest BCUT2D eigenvalue weighted by Gasteiger charge is 2.25. The lowest BCUT2D eigenvalue weighted by Crippen LogP contribution is -2.33. The van der Waals surface area contributed by atoms with Gasteiger partial charge < -0.3 is 5.32 Å². The van der Waals surface area contributed by atoms with Crippen LogP contribution in [-0.4, -0.2) is 25.8 Å². The Labute approximate surface area is 141 Å². The third kappa shape index (κ3) is 2.92. The summed E-state index contributed by atoms with van der Waals surface area (Å²) in [7, 11) is 0. The predicted molar refractivity (Wildman–Crippen MR) is 92.2 cm³/mol. The number of hydrogen-bond donors (Lipinski definition) is 1. The van der Waals surface area contributed by atoms with Gasteiger partial charge in [-0.25, -0.2) is 14.6 Å². The fourth-order valence-electron chi connectivity index (χ4n) is 3.92. The Morgan fingerprint density at radius 3 is 2.79 bits per heavy atom. The van der Waals surface area contributed by atoms with Crippen LogP contribution in [-0.2, 0) is 12.8 Å². The molecule has 2 heterocycles. The SMILES string of the molecule is Cc1ccc(=O)n(C2CCC(Nc3ncnc4c3CCC4)CC2)n1. The van der Waals surface area contributed by atoms with Crippen LogP contribution < -0.4 is 10.9 Å². The lowest BCUT2D eigenvalue weighted by molar-refractivity contribution is 0.302. The van der Waals surface area contributed by atoms with Crippen LogP contribution >= 0.6 is 0 Å². The van der Waals surface area contributed by atoms with Gasteiger partial charge in [0.15, 0.2) is 0 Å². The molecule has 2 aliphatic carbocycles. The first kappa shape index (κ1) is 15.3. The van der Waals surface area contributed by atoms with Crippen molar-refractivity contribution < 1.29 is 0 Å². The van der Waals surface area contributed by atoms with E-state index in [2.05, 4.69) is 20.4 Å². The van der Waals surface area contributed by atoms with Gasteiger partial charge in [0, 0.05) is 23.4 Å². The first-order valence-corrected chi connectivity index (χ1v) is 8.86. The summed E-state index contributed by atoms with van der Waals surface area (Å²) < 4.78 is 1.67. The molecular formula is C18H23N5O. The molecule has 2 aromatic rings. The lowest BCUT2D eigenvalue weighted by atomic mass is 9.91.